The van der Waals surface area contributed by atoms with Crippen LogP contribution in [0.25, 0.3) is 0 Å². The second-order valence-corrected chi connectivity index (χ2v) is 3.44. The smallest absolute Gasteiger partial charge is 0.111 e. The maximum Gasteiger partial charge on any atom is 0.111 e. The molecule has 0 saturated carbocycles. The first-order valence-corrected chi connectivity index (χ1v) is 3.72. The molecule has 0 saturated heterocycles. The molecule has 0 bridgehead atoms. The Labute approximate surface area is 62.8 Å². The first-order chi connectivity index (χ1) is 4.04. The summed E-state index contributed by atoms with van der Waals surface area (Å²) in [7, 11) is 2.05. The van der Waals surface area contributed by atoms with Gasteiger partial charge in [0.25, 0.3) is 0 Å². The fourth-order valence-electron chi connectivity index (χ4n) is 0.531. The third kappa shape index (κ3) is 2.56. The lowest BCUT2D eigenvalue weighted by molar-refractivity contribution is -0.380. The molecule has 0 aromatic rings. The maximum atomic E-state index is 4.43. The molecule has 1 unspecified atom stereocenters. The van der Waals surface area contributed by atoms with Gasteiger partial charge in [0, 0.05) is 0 Å². The van der Waals surface area contributed by atoms with Crippen molar-refractivity contribution in [1.29, 1.82) is 0 Å². The van der Waals surface area contributed by atoms with E-state index in [1.807, 2.05) is 0 Å². The summed E-state index contributed by atoms with van der Waals surface area (Å²) < 4.78 is 0. The molecule has 0 fully saturated rings. The monoisotopic (exact) mass is 149 g/mol. The molecule has 0 aromatic carbocycles. The lowest BCUT2D eigenvalue weighted by Gasteiger charge is -2.30. The number of hydrogen-bond donors (Lipinski definition) is 2. The van der Waals surface area contributed by atoms with E-state index in [2.05, 4.69) is 44.2 Å². The van der Waals surface area contributed by atoms with Crippen LogP contribution in [0.4, 0.5) is 0 Å². The third-order valence-electron chi connectivity index (χ3n) is 1.77. The second kappa shape index (κ2) is 3.44. The lowest BCUT2D eigenvalue weighted by Crippen LogP contribution is -2.63. The summed E-state index contributed by atoms with van der Waals surface area (Å²) >= 11 is 4.43. The van der Waals surface area contributed by atoms with Gasteiger partial charge >= 0.3 is 0 Å². The summed E-state index contributed by atoms with van der Waals surface area (Å²) in [4.78, 5) is 2.14. The quantitative estimate of drug-likeness (QED) is 0.423. The van der Waals surface area contributed by atoms with E-state index in [1.165, 1.54) is 0 Å². The average Bonchev–Trinajstić information content (AvgIpc) is 1.86. The van der Waals surface area contributed by atoms with Gasteiger partial charge in [-0.15, -0.1) is 0 Å². The lowest BCUT2D eigenvalue weighted by atomic mass is 10.3. The average molecular weight is 149 g/mol. The number of hydrogen-bond acceptors (Lipinski definition) is 2. The molecule has 9 heavy (non-hydrogen) atoms. The van der Waals surface area contributed by atoms with Crippen molar-refractivity contribution in [3.05, 3.63) is 0 Å². The van der Waals surface area contributed by atoms with E-state index in [-0.39, 0.29) is 4.87 Å². The predicted molar refractivity (Wildman–Crippen MR) is 43.5 cm³/mol. The normalized spacial score (nSPS) is 18.0. The minimum atomic E-state index is -0.0330. The molecule has 0 amide bonds. The van der Waals surface area contributed by atoms with E-state index in [9.17, 15) is 0 Å². The van der Waals surface area contributed by atoms with Crippen LogP contribution in [0, 0.1) is 0 Å². The van der Waals surface area contributed by atoms with Gasteiger partial charge in [-0.05, 0) is 20.5 Å². The van der Waals surface area contributed by atoms with Crippen LogP contribution in [0.2, 0.25) is 0 Å². The van der Waals surface area contributed by atoms with Gasteiger partial charge in [0.15, 0.2) is 0 Å². The predicted octanol–water partition coefficient (Wildman–Crippen LogP) is -0.174. The molecule has 1 atom stereocenters. The number of quaternary nitrogens is 1. The molecule has 3 heteroatoms. The topological polar surface area (TPSA) is 30.9 Å². The van der Waals surface area contributed by atoms with Crippen LogP contribution in [0.3, 0.4) is 0 Å². The van der Waals surface area contributed by atoms with Crippen molar-refractivity contribution in [3.8, 4) is 0 Å². The highest BCUT2D eigenvalue weighted by Crippen LogP contribution is 2.13. The molecule has 0 aliphatic carbocycles. The Morgan fingerprint density at radius 1 is 1.67 bits per heavy atom. The van der Waals surface area contributed by atoms with Gasteiger partial charge in [-0.1, -0.05) is 6.92 Å². The molecule has 0 aliphatic heterocycles. The van der Waals surface area contributed by atoms with Crippen LogP contribution in [-0.2, 0) is 0 Å². The Balaban J connectivity index is 3.80. The van der Waals surface area contributed by atoms with Crippen LogP contribution in [0.1, 0.15) is 13.8 Å². The van der Waals surface area contributed by atoms with Crippen molar-refractivity contribution in [1.82, 2.24) is 4.90 Å². The van der Waals surface area contributed by atoms with Gasteiger partial charge in [-0.25, -0.2) is 0 Å². The molecule has 0 aliphatic rings. The molecule has 0 heterocycles. The molecule has 0 aromatic heterocycles. The summed E-state index contributed by atoms with van der Waals surface area (Å²) in [6, 6.07) is 0. The zero-order valence-electron chi connectivity index (χ0n) is 6.52. The largest absolute Gasteiger partial charge is 0.355 e. The first-order valence-electron chi connectivity index (χ1n) is 3.27. The van der Waals surface area contributed by atoms with Gasteiger partial charge in [0.1, 0.15) is 11.4 Å². The highest BCUT2D eigenvalue weighted by molar-refractivity contribution is 7.81. The zero-order chi connectivity index (χ0) is 7.49. The summed E-state index contributed by atoms with van der Waals surface area (Å²) in [5, 5.41) is 0. The Morgan fingerprint density at radius 3 is 2.22 bits per heavy atom. The van der Waals surface area contributed by atoms with Crippen LogP contribution in [0.15, 0.2) is 0 Å². The van der Waals surface area contributed by atoms with Crippen molar-refractivity contribution in [2.45, 2.75) is 18.7 Å². The van der Waals surface area contributed by atoms with Crippen LogP contribution in [-0.4, -0.2) is 29.9 Å². The van der Waals surface area contributed by atoms with E-state index in [0.29, 0.717) is 0 Å². The zero-order valence-corrected chi connectivity index (χ0v) is 7.41. The standard InChI is InChI=1S/C6H16N2S/c1-4-8(3)6(2,9)5-7/h9H,4-5,7H2,1-3H3/p+1. The summed E-state index contributed by atoms with van der Waals surface area (Å²) in [6.45, 7) is 6.05. The van der Waals surface area contributed by atoms with E-state index in [4.69, 9.17) is 0 Å². The minimum Gasteiger partial charge on any atom is -0.355 e. The van der Waals surface area contributed by atoms with Crippen molar-refractivity contribution >= 4 is 12.6 Å². The number of rotatable bonds is 3. The molecule has 2 nitrogen and oxygen atoms in total. The van der Waals surface area contributed by atoms with E-state index < -0.39 is 0 Å². The fourth-order valence-corrected chi connectivity index (χ4v) is 0.673. The van der Waals surface area contributed by atoms with E-state index >= 15 is 0 Å². The molecule has 56 valence electrons. The highest BCUT2D eigenvalue weighted by atomic mass is 32.1. The Kier molecular flexibility index (Phi) is 3.54. The highest BCUT2D eigenvalue weighted by Gasteiger charge is 2.22. The SMILES string of the molecule is CCN(C)C(C)(S)C[NH3+]. The van der Waals surface area contributed by atoms with Crippen molar-refractivity contribution in [2.75, 3.05) is 20.1 Å². The number of nitrogens with zero attached hydrogens (tertiary/aromatic N) is 1. The minimum absolute atomic E-state index is 0.0330. The molecular formula is C6H17N2S+. The molecule has 0 spiro atoms. The Bertz CT molecular complexity index is 83.1. The number of thiol groups is 1. The van der Waals surface area contributed by atoms with E-state index in [0.717, 1.165) is 13.1 Å². The van der Waals surface area contributed by atoms with E-state index in [1.54, 1.807) is 0 Å². The van der Waals surface area contributed by atoms with Crippen molar-refractivity contribution in [2.24, 2.45) is 0 Å². The Hall–Kier alpha value is 0.270. The summed E-state index contributed by atoms with van der Waals surface area (Å²) in [6.07, 6.45) is 0. The summed E-state index contributed by atoms with van der Waals surface area (Å²) in [5.74, 6) is 0. The van der Waals surface area contributed by atoms with Gasteiger partial charge in [-0.3, -0.25) is 4.90 Å². The number of likely N-dealkylation sites (N-methyl/N-ethyl adjacent to an activating group) is 1. The summed E-state index contributed by atoms with van der Waals surface area (Å²) in [5.41, 5.74) is 3.81. The van der Waals surface area contributed by atoms with Gasteiger partial charge in [-0.2, -0.15) is 12.6 Å². The van der Waals surface area contributed by atoms with Gasteiger partial charge in [0.05, 0.1) is 0 Å². The van der Waals surface area contributed by atoms with Crippen LogP contribution in [0.5, 0.6) is 0 Å². The van der Waals surface area contributed by atoms with Gasteiger partial charge in [0.2, 0.25) is 0 Å². The molecular weight excluding hydrogens is 132 g/mol. The van der Waals surface area contributed by atoms with Crippen LogP contribution < -0.4 is 5.73 Å². The second-order valence-electron chi connectivity index (χ2n) is 2.48. The van der Waals surface area contributed by atoms with Crippen molar-refractivity contribution in [3.63, 3.8) is 0 Å². The third-order valence-corrected chi connectivity index (χ3v) is 2.34. The maximum absolute atomic E-state index is 4.43. The fraction of sp³-hybridized carbons (Fsp3) is 1.00. The molecule has 0 radical (unpaired) electrons. The molecule has 3 N–H and O–H groups in total. The van der Waals surface area contributed by atoms with Gasteiger partial charge < -0.3 is 5.73 Å². The Morgan fingerprint density at radius 2 is 2.11 bits per heavy atom. The van der Waals surface area contributed by atoms with Crippen LogP contribution >= 0.6 is 12.6 Å². The van der Waals surface area contributed by atoms with Crippen molar-refractivity contribution < 1.29 is 5.73 Å². The molecule has 0 rings (SSSR count). The first kappa shape index (κ1) is 9.27.